The summed E-state index contributed by atoms with van der Waals surface area (Å²) >= 11 is 2.45. The van der Waals surface area contributed by atoms with E-state index in [9.17, 15) is 4.79 Å². The van der Waals surface area contributed by atoms with Crippen LogP contribution in [-0.4, -0.2) is 71.2 Å². The van der Waals surface area contributed by atoms with Crippen molar-refractivity contribution in [2.75, 3.05) is 7.05 Å². The highest BCUT2D eigenvalue weighted by molar-refractivity contribution is 9.12. The first-order valence-electron chi connectivity index (χ1n) is 8.17. The van der Waals surface area contributed by atoms with Gasteiger partial charge in [0.25, 0.3) is 0 Å². The third kappa shape index (κ3) is 22.4. The molecule has 1 saturated heterocycles. The third-order valence-electron chi connectivity index (χ3n) is 3.12. The van der Waals surface area contributed by atoms with Crippen LogP contribution in [0.1, 0.15) is 49.0 Å². The summed E-state index contributed by atoms with van der Waals surface area (Å²) in [5.41, 5.74) is 0. The van der Waals surface area contributed by atoms with Gasteiger partial charge < -0.3 is 34.8 Å². The molecule has 1 fully saturated rings. The van der Waals surface area contributed by atoms with Gasteiger partial charge in [-0.25, -0.2) is 10.2 Å². The van der Waals surface area contributed by atoms with Crippen LogP contribution in [0.4, 0.5) is 4.79 Å². The molecule has 1 amide bonds. The van der Waals surface area contributed by atoms with Crippen molar-refractivity contribution in [1.82, 2.24) is 5.32 Å². The first-order chi connectivity index (χ1) is 12.3. The van der Waals surface area contributed by atoms with Crippen molar-refractivity contribution in [1.29, 1.82) is 10.7 Å². The summed E-state index contributed by atoms with van der Waals surface area (Å²) < 4.78 is 14.3. The van der Waals surface area contributed by atoms with Gasteiger partial charge in [0.05, 0.1) is 18.3 Å². The summed E-state index contributed by atoms with van der Waals surface area (Å²) in [5.74, 6) is 0. The van der Waals surface area contributed by atoms with E-state index in [1.165, 1.54) is 7.05 Å². The fraction of sp³-hybridized carbons (Fsp3) is 0.824. The number of rotatable bonds is 3. The normalized spacial score (nSPS) is 20.6. The SMILES string of the molecule is C.CC(O)C(C)O.CC1OC(=N)OC1C.CNC(=O)OC(C)C(C)O.N#CBr. The average molecular weight is 474 g/mol. The van der Waals surface area contributed by atoms with Crippen molar-refractivity contribution in [2.45, 2.75) is 85.6 Å². The van der Waals surface area contributed by atoms with E-state index in [2.05, 4.69) is 26.0 Å². The van der Waals surface area contributed by atoms with Crippen LogP contribution in [-0.2, 0) is 14.2 Å². The molecule has 0 radical (unpaired) electrons. The van der Waals surface area contributed by atoms with Gasteiger partial charge >= 0.3 is 12.2 Å². The van der Waals surface area contributed by atoms with Gasteiger partial charge in [0.2, 0.25) is 0 Å². The fourth-order valence-corrected chi connectivity index (χ4v) is 0.883. The van der Waals surface area contributed by atoms with Gasteiger partial charge in [0.1, 0.15) is 23.3 Å². The Balaban J connectivity index is -0.000000145. The van der Waals surface area contributed by atoms with Gasteiger partial charge in [-0.15, -0.1) is 0 Å². The lowest BCUT2D eigenvalue weighted by atomic mass is 10.3. The van der Waals surface area contributed by atoms with Crippen molar-refractivity contribution >= 4 is 28.1 Å². The lowest BCUT2D eigenvalue weighted by molar-refractivity contribution is 0.0233. The minimum atomic E-state index is -0.628. The number of amides is 1. The molecule has 168 valence electrons. The summed E-state index contributed by atoms with van der Waals surface area (Å²) in [6.45, 7) is 10.0. The standard InChI is InChI=1S/C6H13NO3.C5H9NO2.C4H10O2.CBrN.CH4/c1-4(8)5(2)10-6(9)7-3;1-3-4(2)8-5(6)7-3;1-3(5)4(2)6;2-1-3;/h4-5,8H,1-3H3,(H,7,9);3-4,6H,1-2H3;3-6H,1-2H3;;1H4. The molecule has 0 bridgehead atoms. The molecular formula is C17H36BrN3O7. The third-order valence-corrected chi connectivity index (χ3v) is 3.12. The molecule has 0 saturated carbocycles. The molecule has 0 aromatic carbocycles. The monoisotopic (exact) mass is 473 g/mol. The number of hydrogen-bond acceptors (Lipinski definition) is 9. The topological polar surface area (TPSA) is 165 Å². The number of alkyl carbamates (subject to hydrolysis) is 1. The second kappa shape index (κ2) is 20.1. The van der Waals surface area contributed by atoms with Crippen molar-refractivity contribution in [3.8, 4) is 4.98 Å². The zero-order chi connectivity index (χ0) is 22.2. The summed E-state index contributed by atoms with van der Waals surface area (Å²) in [4.78, 5) is 12.0. The van der Waals surface area contributed by atoms with Crippen LogP contribution in [0.2, 0.25) is 0 Å². The second-order valence-corrected chi connectivity index (χ2v) is 5.95. The number of nitriles is 1. The van der Waals surface area contributed by atoms with E-state index in [0.717, 1.165) is 0 Å². The highest BCUT2D eigenvalue weighted by Gasteiger charge is 2.25. The predicted molar refractivity (Wildman–Crippen MR) is 110 cm³/mol. The maximum Gasteiger partial charge on any atom is 0.407 e. The van der Waals surface area contributed by atoms with E-state index in [-0.39, 0.29) is 25.7 Å². The van der Waals surface area contributed by atoms with E-state index >= 15 is 0 Å². The summed E-state index contributed by atoms with van der Waals surface area (Å²) in [5, 5.41) is 42.0. The molecule has 0 aliphatic carbocycles. The van der Waals surface area contributed by atoms with Gasteiger partial charge in [-0.2, -0.15) is 5.26 Å². The number of hydrogen-bond donors (Lipinski definition) is 5. The number of nitrogens with zero attached hydrogens (tertiary/aromatic N) is 1. The van der Waals surface area contributed by atoms with Crippen LogP contribution in [0.25, 0.3) is 0 Å². The Morgan fingerprint density at radius 1 is 1.14 bits per heavy atom. The Labute approximate surface area is 176 Å². The number of nitrogens with one attached hydrogen (secondary N) is 2. The Bertz CT molecular complexity index is 425. The van der Waals surface area contributed by atoms with E-state index in [1.54, 1.807) is 32.7 Å². The largest absolute Gasteiger partial charge is 0.444 e. The molecular weight excluding hydrogens is 438 g/mol. The van der Waals surface area contributed by atoms with Crippen LogP contribution in [0.15, 0.2) is 0 Å². The Morgan fingerprint density at radius 2 is 1.46 bits per heavy atom. The smallest absolute Gasteiger partial charge is 0.407 e. The molecule has 1 heterocycles. The maximum atomic E-state index is 10.5. The van der Waals surface area contributed by atoms with Crippen molar-refractivity contribution in [2.24, 2.45) is 0 Å². The van der Waals surface area contributed by atoms with Gasteiger partial charge in [-0.1, -0.05) is 7.43 Å². The molecule has 28 heavy (non-hydrogen) atoms. The molecule has 6 atom stereocenters. The quantitative estimate of drug-likeness (QED) is 0.415. The average Bonchev–Trinajstić information content (AvgIpc) is 2.84. The highest BCUT2D eigenvalue weighted by atomic mass is 79.9. The van der Waals surface area contributed by atoms with Crippen LogP contribution < -0.4 is 5.32 Å². The number of carbonyl (C=O) groups is 1. The first kappa shape index (κ1) is 33.9. The van der Waals surface area contributed by atoms with Gasteiger partial charge in [-0.3, -0.25) is 0 Å². The molecule has 11 heteroatoms. The first-order valence-corrected chi connectivity index (χ1v) is 8.97. The van der Waals surface area contributed by atoms with Crippen LogP contribution >= 0.6 is 15.9 Å². The lowest BCUT2D eigenvalue weighted by Crippen LogP contribution is -2.30. The molecule has 0 spiro atoms. The fourth-order valence-electron chi connectivity index (χ4n) is 0.883. The van der Waals surface area contributed by atoms with Gasteiger partial charge in [0, 0.05) is 23.0 Å². The van der Waals surface area contributed by atoms with Crippen molar-refractivity contribution < 1.29 is 34.3 Å². The summed E-state index contributed by atoms with van der Waals surface area (Å²) in [6, 6.07) is 0. The number of aliphatic hydroxyl groups excluding tert-OH is 3. The van der Waals surface area contributed by atoms with Crippen LogP contribution in [0.3, 0.4) is 0 Å². The van der Waals surface area contributed by atoms with Gasteiger partial charge in [-0.05, 0) is 41.5 Å². The number of carbonyl (C=O) groups excluding carboxylic acids is 1. The lowest BCUT2D eigenvalue weighted by Gasteiger charge is -2.14. The Hall–Kier alpha value is -1.61. The molecule has 0 aromatic rings. The van der Waals surface area contributed by atoms with Crippen LogP contribution in [0, 0.1) is 15.6 Å². The molecule has 5 N–H and O–H groups in total. The molecule has 0 aromatic heterocycles. The van der Waals surface area contributed by atoms with Gasteiger partial charge in [0.15, 0.2) is 0 Å². The number of ether oxygens (including phenoxy) is 3. The van der Waals surface area contributed by atoms with Crippen molar-refractivity contribution in [3.05, 3.63) is 0 Å². The van der Waals surface area contributed by atoms with E-state index in [0.29, 0.717) is 0 Å². The summed E-state index contributed by atoms with van der Waals surface area (Å²) in [6.07, 6.45) is -2.75. The zero-order valence-electron chi connectivity index (χ0n) is 16.8. The van der Waals surface area contributed by atoms with Crippen molar-refractivity contribution in [3.63, 3.8) is 0 Å². The van der Waals surface area contributed by atoms with E-state index in [4.69, 9.17) is 35.5 Å². The second-order valence-electron chi connectivity index (χ2n) is 5.60. The Morgan fingerprint density at radius 3 is 1.61 bits per heavy atom. The predicted octanol–water partition coefficient (Wildman–Crippen LogP) is 2.10. The molecule has 6 unspecified atom stereocenters. The highest BCUT2D eigenvalue weighted by Crippen LogP contribution is 2.11. The Kier molecular flexibility index (Phi) is 24.4. The van der Waals surface area contributed by atoms with Crippen LogP contribution in [0.5, 0.6) is 0 Å². The maximum absolute atomic E-state index is 10.5. The molecule has 1 aliphatic rings. The molecule has 1 rings (SSSR count). The minimum absolute atomic E-state index is 0. The number of halogens is 1. The minimum Gasteiger partial charge on any atom is -0.444 e. The summed E-state index contributed by atoms with van der Waals surface area (Å²) in [7, 11) is 1.47. The van der Waals surface area contributed by atoms with E-state index in [1.807, 2.05) is 13.8 Å². The number of aliphatic hydroxyl groups is 3. The molecule has 10 nitrogen and oxygen atoms in total. The zero-order valence-corrected chi connectivity index (χ0v) is 18.3. The van der Waals surface area contributed by atoms with E-state index < -0.39 is 30.5 Å². The molecule has 1 aliphatic heterocycles.